The third kappa shape index (κ3) is 2.41. The van der Waals surface area contributed by atoms with Gasteiger partial charge in [-0.1, -0.05) is 66.2 Å². The lowest BCUT2D eigenvalue weighted by Crippen LogP contribution is -2.27. The molecule has 0 spiro atoms. The highest BCUT2D eigenvalue weighted by atomic mass is 14.4. The van der Waals surface area contributed by atoms with Crippen LogP contribution in [-0.4, -0.2) is 0 Å². The molecule has 3 fully saturated rings. The molecule has 0 N–H and O–H groups in total. The molecular weight excluding hydrogens is 364 g/mol. The predicted octanol–water partition coefficient (Wildman–Crippen LogP) is 7.13. The Morgan fingerprint density at radius 3 is 2.13 bits per heavy atom. The quantitative estimate of drug-likeness (QED) is 0.259. The Kier molecular flexibility index (Phi) is 3.71. The van der Waals surface area contributed by atoms with E-state index in [2.05, 4.69) is 72.8 Å². The molecule has 0 amide bonds. The summed E-state index contributed by atoms with van der Waals surface area (Å²) in [6.45, 7) is 0. The fourth-order valence-corrected chi connectivity index (χ4v) is 5.84. The Hall–Kier alpha value is -3.62. The minimum atomic E-state index is 0.353. The largest absolute Gasteiger partial charge is 0.192 e. The van der Waals surface area contributed by atoms with Crippen LogP contribution in [0.2, 0.25) is 0 Å². The number of allylic oxidation sites excluding steroid dienone is 3. The summed E-state index contributed by atoms with van der Waals surface area (Å²) < 4.78 is 0. The SMILES string of the molecule is N#CC(C#N)=C1C[C@H]2CC[C@@H]1C/C2=C\c1ccc2ccc3cccc4ccc1c2c34. The van der Waals surface area contributed by atoms with Gasteiger partial charge in [-0.05, 0) is 81.0 Å². The molecule has 2 nitrogen and oxygen atoms in total. The lowest BCUT2D eigenvalue weighted by atomic mass is 9.64. The van der Waals surface area contributed by atoms with Gasteiger partial charge in [-0.2, -0.15) is 10.5 Å². The molecule has 3 aliphatic rings. The number of hydrogen-bond acceptors (Lipinski definition) is 2. The Morgan fingerprint density at radius 1 is 0.767 bits per heavy atom. The van der Waals surface area contributed by atoms with Crippen LogP contribution in [0.15, 0.2) is 71.3 Å². The van der Waals surface area contributed by atoms with Gasteiger partial charge in [-0.3, -0.25) is 0 Å². The molecule has 30 heavy (non-hydrogen) atoms. The van der Waals surface area contributed by atoms with E-state index in [1.807, 2.05) is 0 Å². The highest BCUT2D eigenvalue weighted by molar-refractivity contribution is 6.24. The van der Waals surface area contributed by atoms with Crippen molar-refractivity contribution in [3.05, 3.63) is 76.9 Å². The first-order chi connectivity index (χ1) is 14.8. The van der Waals surface area contributed by atoms with Gasteiger partial charge in [-0.15, -0.1) is 0 Å². The molecular formula is C28H20N2. The third-order valence-corrected chi connectivity index (χ3v) is 7.28. The van der Waals surface area contributed by atoms with Gasteiger partial charge in [0.2, 0.25) is 0 Å². The van der Waals surface area contributed by atoms with E-state index in [-0.39, 0.29) is 0 Å². The molecule has 0 saturated heterocycles. The smallest absolute Gasteiger partial charge is 0.129 e. The first-order valence-electron chi connectivity index (χ1n) is 10.7. The number of hydrogen-bond donors (Lipinski definition) is 0. The lowest BCUT2D eigenvalue weighted by molar-refractivity contribution is 0.314. The molecule has 142 valence electrons. The molecule has 2 atom stereocenters. The van der Waals surface area contributed by atoms with Crippen LogP contribution in [-0.2, 0) is 0 Å². The summed E-state index contributed by atoms with van der Waals surface area (Å²) in [7, 11) is 0. The second-order valence-electron chi connectivity index (χ2n) is 8.73. The van der Waals surface area contributed by atoms with Crippen molar-refractivity contribution in [1.82, 2.24) is 0 Å². The first kappa shape index (κ1) is 17.3. The molecule has 0 aliphatic heterocycles. The van der Waals surface area contributed by atoms with Gasteiger partial charge in [0, 0.05) is 0 Å². The molecule has 0 unspecified atom stereocenters. The molecule has 2 heteroatoms. The predicted molar refractivity (Wildman–Crippen MR) is 122 cm³/mol. The van der Waals surface area contributed by atoms with Crippen molar-refractivity contribution in [2.45, 2.75) is 25.7 Å². The second-order valence-corrected chi connectivity index (χ2v) is 8.73. The number of nitriles is 2. The topological polar surface area (TPSA) is 47.6 Å². The van der Waals surface area contributed by atoms with E-state index < -0.39 is 0 Å². The molecule has 2 bridgehead atoms. The zero-order valence-electron chi connectivity index (χ0n) is 16.7. The molecule has 0 aromatic heterocycles. The Morgan fingerprint density at radius 2 is 1.43 bits per heavy atom. The van der Waals surface area contributed by atoms with Crippen LogP contribution in [0.1, 0.15) is 31.2 Å². The lowest BCUT2D eigenvalue weighted by Gasteiger charge is -2.40. The standard InChI is InChI=1S/C28H20N2/c29-15-24(16-30)26-14-20-7-9-22(26)13-23(20)12-21-8-6-19-5-4-17-2-1-3-18-10-11-25(21)28(19)27(17)18/h1-6,8,10-12,20,22H,7,9,13-14H2/b23-12+/t20-,22-/m1/s1. The maximum absolute atomic E-state index is 9.32. The van der Waals surface area contributed by atoms with Crippen molar-refractivity contribution < 1.29 is 0 Å². The minimum absolute atomic E-state index is 0.353. The van der Waals surface area contributed by atoms with Crippen LogP contribution >= 0.6 is 0 Å². The first-order valence-corrected chi connectivity index (χ1v) is 10.7. The van der Waals surface area contributed by atoms with E-state index >= 15 is 0 Å². The third-order valence-electron chi connectivity index (χ3n) is 7.28. The number of nitrogens with zero attached hydrogens (tertiary/aromatic N) is 2. The van der Waals surface area contributed by atoms with Gasteiger partial charge in [0.05, 0.1) is 0 Å². The van der Waals surface area contributed by atoms with Gasteiger partial charge in [0.25, 0.3) is 0 Å². The average Bonchev–Trinajstić information content (AvgIpc) is 2.80. The van der Waals surface area contributed by atoms with E-state index in [1.165, 1.54) is 43.5 Å². The van der Waals surface area contributed by atoms with Crippen LogP contribution in [0, 0.1) is 34.5 Å². The number of benzene rings is 4. The van der Waals surface area contributed by atoms with Gasteiger partial charge >= 0.3 is 0 Å². The number of rotatable bonds is 1. The van der Waals surface area contributed by atoms with Crippen LogP contribution in [0.3, 0.4) is 0 Å². The number of fused-ring (bicyclic) bond motifs is 3. The maximum Gasteiger partial charge on any atom is 0.129 e. The Labute approximate surface area is 175 Å². The van der Waals surface area contributed by atoms with Gasteiger partial charge in [0.1, 0.15) is 17.7 Å². The van der Waals surface area contributed by atoms with Crippen LogP contribution in [0.25, 0.3) is 38.4 Å². The van der Waals surface area contributed by atoms with Crippen LogP contribution in [0.4, 0.5) is 0 Å². The van der Waals surface area contributed by atoms with Crippen molar-refractivity contribution in [2.24, 2.45) is 11.8 Å². The van der Waals surface area contributed by atoms with Gasteiger partial charge < -0.3 is 0 Å². The Balaban J connectivity index is 1.50. The van der Waals surface area contributed by atoms with Crippen molar-refractivity contribution in [3.8, 4) is 12.1 Å². The van der Waals surface area contributed by atoms with E-state index in [0.29, 0.717) is 17.4 Å². The van der Waals surface area contributed by atoms with E-state index in [4.69, 9.17) is 0 Å². The van der Waals surface area contributed by atoms with Gasteiger partial charge in [-0.25, -0.2) is 0 Å². The molecule has 3 aliphatic carbocycles. The molecule has 4 aromatic carbocycles. The van der Waals surface area contributed by atoms with Crippen LogP contribution < -0.4 is 0 Å². The zero-order chi connectivity index (χ0) is 20.2. The molecule has 3 saturated carbocycles. The maximum atomic E-state index is 9.32. The van der Waals surface area contributed by atoms with E-state index in [9.17, 15) is 10.5 Å². The van der Waals surface area contributed by atoms with Crippen LogP contribution in [0.5, 0.6) is 0 Å². The van der Waals surface area contributed by atoms with E-state index in [0.717, 1.165) is 31.3 Å². The molecule has 7 rings (SSSR count). The minimum Gasteiger partial charge on any atom is -0.192 e. The van der Waals surface area contributed by atoms with Crippen molar-refractivity contribution in [1.29, 1.82) is 10.5 Å². The fourth-order valence-electron chi connectivity index (χ4n) is 5.84. The second kappa shape index (κ2) is 6.45. The van der Waals surface area contributed by atoms with Crippen molar-refractivity contribution >= 4 is 38.4 Å². The summed E-state index contributed by atoms with van der Waals surface area (Å²) in [6, 6.07) is 24.2. The fraction of sp³-hybridized carbons (Fsp3) is 0.214. The average molecular weight is 384 g/mol. The Bertz CT molecular complexity index is 1440. The zero-order valence-corrected chi connectivity index (χ0v) is 16.7. The summed E-state index contributed by atoms with van der Waals surface area (Å²) >= 11 is 0. The van der Waals surface area contributed by atoms with Crippen molar-refractivity contribution in [3.63, 3.8) is 0 Å². The summed E-state index contributed by atoms with van der Waals surface area (Å²) in [6.07, 6.45) is 6.52. The monoisotopic (exact) mass is 384 g/mol. The normalized spacial score (nSPS) is 22.1. The van der Waals surface area contributed by atoms with E-state index in [1.54, 1.807) is 0 Å². The summed E-state index contributed by atoms with van der Waals surface area (Å²) in [5.41, 5.74) is 4.23. The molecule has 0 heterocycles. The highest BCUT2D eigenvalue weighted by Gasteiger charge is 2.36. The van der Waals surface area contributed by atoms with Gasteiger partial charge in [0.15, 0.2) is 0 Å². The summed E-state index contributed by atoms with van der Waals surface area (Å²) in [5, 5.41) is 26.5. The van der Waals surface area contributed by atoms with Crippen molar-refractivity contribution in [2.75, 3.05) is 0 Å². The summed E-state index contributed by atoms with van der Waals surface area (Å²) in [4.78, 5) is 0. The molecule has 4 aromatic rings. The molecule has 0 radical (unpaired) electrons. The highest BCUT2D eigenvalue weighted by Crippen LogP contribution is 2.49. The summed E-state index contributed by atoms with van der Waals surface area (Å²) in [5.74, 6) is 0.815.